The van der Waals surface area contributed by atoms with Gasteiger partial charge in [0.2, 0.25) is 5.91 Å². The molecule has 0 aliphatic heterocycles. The third-order valence-electron chi connectivity index (χ3n) is 0.432. The molecule has 0 rings (SSSR count). The molecule has 1 amide bonds. The number of nitrogens with one attached hydrogen (secondary N) is 1. The van der Waals surface area contributed by atoms with E-state index in [2.05, 4.69) is 25.7 Å². The zero-order valence-corrected chi connectivity index (χ0v) is 9.34. The van der Waals surface area contributed by atoms with Crippen LogP contribution in [0.2, 0.25) is 0 Å². The molecule has 6 nitrogen and oxygen atoms in total. The van der Waals surface area contributed by atoms with Crippen LogP contribution in [0.1, 0.15) is 20.3 Å². The summed E-state index contributed by atoms with van der Waals surface area (Å²) in [6, 6.07) is 0. The van der Waals surface area contributed by atoms with E-state index in [1.807, 2.05) is 0 Å². The van der Waals surface area contributed by atoms with Gasteiger partial charge in [0.05, 0.1) is 0 Å². The molecule has 14 heavy (non-hydrogen) atoms. The smallest absolute Gasteiger partial charge is 0.356 e. The molecule has 0 radical (unpaired) electrons. The van der Waals surface area contributed by atoms with E-state index in [1.54, 1.807) is 7.05 Å². The van der Waals surface area contributed by atoms with Crippen molar-refractivity contribution in [2.24, 2.45) is 0 Å². The fraction of sp³-hybridized carbons (Fsp3) is 0.571. The number of likely N-dealkylation sites (N-methyl/N-ethyl adjacent to an activating group) is 1. The van der Waals surface area contributed by atoms with Gasteiger partial charge in [0.25, 0.3) is 0 Å². The minimum absolute atomic E-state index is 0.144. The maximum atomic E-state index is 9.95. The first-order valence-electron chi connectivity index (χ1n) is 3.76. The summed E-state index contributed by atoms with van der Waals surface area (Å²) in [7, 11) is -3.11. The summed E-state index contributed by atoms with van der Waals surface area (Å²) in [6.45, 7) is 7.47. The third-order valence-corrected chi connectivity index (χ3v) is 0.432. The number of rotatable bonds is 1. The normalized spacial score (nSPS) is 8.36. The van der Waals surface area contributed by atoms with Crippen LogP contribution in [0, 0.1) is 0 Å². The van der Waals surface area contributed by atoms with Gasteiger partial charge in [-0.3, -0.25) is 13.9 Å². The summed E-state index contributed by atoms with van der Waals surface area (Å²) >= 11 is 0. The third kappa shape index (κ3) is 119. The Kier molecular flexibility index (Phi) is 16.2. The fourth-order valence-electron chi connectivity index (χ4n) is 0.102. The van der Waals surface area contributed by atoms with Gasteiger partial charge < -0.3 is 5.32 Å². The molecule has 0 atom stereocenters. The van der Waals surface area contributed by atoms with Gasteiger partial charge in [-0.25, -0.2) is 0 Å². The molecule has 0 saturated heterocycles. The molecule has 0 aromatic heterocycles. The lowest BCUT2D eigenvalue weighted by Gasteiger charge is -1.82. The van der Waals surface area contributed by atoms with E-state index in [4.69, 9.17) is 17.5 Å². The molecule has 0 spiro atoms. The van der Waals surface area contributed by atoms with Gasteiger partial charge in [0.1, 0.15) is 0 Å². The summed E-state index contributed by atoms with van der Waals surface area (Å²) in [5, 5.41) is 2.36. The lowest BCUT2D eigenvalue weighted by Crippen LogP contribution is -2.13. The molecule has 0 aromatic rings. The molecule has 3 N–H and O–H groups in total. The maximum absolute atomic E-state index is 9.95. The zero-order chi connectivity index (χ0) is 12.2. The quantitative estimate of drug-likeness (QED) is 0.451. The van der Waals surface area contributed by atoms with Crippen LogP contribution in [-0.4, -0.2) is 30.5 Å². The van der Waals surface area contributed by atoms with Gasteiger partial charge in [-0.15, -0.1) is 0 Å². The van der Waals surface area contributed by atoms with Crippen molar-refractivity contribution in [3.63, 3.8) is 0 Å². The lowest BCUT2D eigenvalue weighted by atomic mass is 10.6. The van der Waals surface area contributed by atoms with Crippen LogP contribution in [0.3, 0.4) is 0 Å². The van der Waals surface area contributed by atoms with Crippen LogP contribution >= 0.6 is 0 Å². The van der Waals surface area contributed by atoms with Gasteiger partial charge in [0, 0.05) is 7.05 Å². The first kappa shape index (κ1) is 18.8. The molecule has 0 fully saturated rings. The highest BCUT2D eigenvalue weighted by Crippen LogP contribution is 1.59. The highest BCUT2D eigenvalue weighted by molar-refractivity contribution is 7.79. The van der Waals surface area contributed by atoms with E-state index in [0.29, 0.717) is 0 Å². The summed E-state index contributed by atoms with van der Waals surface area (Å²) in [5.41, 5.74) is 0. The van der Waals surface area contributed by atoms with E-state index in [1.165, 1.54) is 12.5 Å². The second-order valence-corrected chi connectivity index (χ2v) is 2.87. The first-order valence-corrected chi connectivity index (χ1v) is 5.16. The predicted octanol–water partition coefficient (Wildman–Crippen LogP) is 0.682. The first-order chi connectivity index (χ1) is 6.22. The van der Waals surface area contributed by atoms with Crippen LogP contribution < -0.4 is 5.32 Å². The predicted molar refractivity (Wildman–Crippen MR) is 54.4 cm³/mol. The van der Waals surface area contributed by atoms with Gasteiger partial charge in [-0.1, -0.05) is 26.8 Å². The Hall–Kier alpha value is -0.920. The zero-order valence-electron chi connectivity index (χ0n) is 8.52. The minimum Gasteiger partial charge on any atom is -0.356 e. The molecule has 0 unspecified atom stereocenters. The Morgan fingerprint density at radius 3 is 1.64 bits per heavy atom. The topological polar surface area (TPSA) is 104 Å². The van der Waals surface area contributed by atoms with E-state index < -0.39 is 10.4 Å². The molecular weight excluding hydrogens is 210 g/mol. The Morgan fingerprint density at radius 1 is 1.43 bits per heavy atom. The molecule has 0 bridgehead atoms. The van der Waals surface area contributed by atoms with E-state index in [9.17, 15) is 4.79 Å². The van der Waals surface area contributed by atoms with Crippen molar-refractivity contribution < 1.29 is 22.3 Å². The van der Waals surface area contributed by atoms with Gasteiger partial charge >= 0.3 is 10.4 Å². The van der Waals surface area contributed by atoms with E-state index in [-0.39, 0.29) is 5.91 Å². The lowest BCUT2D eigenvalue weighted by molar-refractivity contribution is -0.116. The average molecular weight is 227 g/mol. The summed E-state index contributed by atoms with van der Waals surface area (Å²) in [4.78, 5) is 9.95. The number of carbonyl (C=O) groups is 1. The molecule has 0 aliphatic rings. The van der Waals surface area contributed by atoms with Crippen molar-refractivity contribution in [1.29, 1.82) is 0 Å². The van der Waals surface area contributed by atoms with Crippen LogP contribution in [0.4, 0.5) is 0 Å². The maximum Gasteiger partial charge on any atom is 0.394 e. The van der Waals surface area contributed by atoms with Crippen LogP contribution in [0.15, 0.2) is 12.7 Å². The molecular formula is C7H17NO5S. The summed E-state index contributed by atoms with van der Waals surface area (Å²) in [5.74, 6) is -0.144. The van der Waals surface area contributed by atoms with Crippen molar-refractivity contribution in [1.82, 2.24) is 5.32 Å². The van der Waals surface area contributed by atoms with Gasteiger partial charge in [-0.2, -0.15) is 8.42 Å². The summed E-state index contributed by atoms with van der Waals surface area (Å²) < 4.78 is 31.6. The van der Waals surface area contributed by atoms with Crippen molar-refractivity contribution in [2.45, 2.75) is 20.3 Å². The highest BCUT2D eigenvalue weighted by atomic mass is 32.3. The average Bonchev–Trinajstić information content (AvgIpc) is 2.01. The number of hydrogen-bond donors (Lipinski definition) is 3. The Balaban J connectivity index is -0.000000138. The van der Waals surface area contributed by atoms with E-state index >= 15 is 0 Å². The van der Waals surface area contributed by atoms with Crippen LogP contribution in [0.5, 0.6) is 0 Å². The van der Waals surface area contributed by atoms with Crippen LogP contribution in [0.25, 0.3) is 0 Å². The molecule has 7 heteroatoms. The Labute approximate surface area is 84.6 Å². The van der Waals surface area contributed by atoms with Crippen molar-refractivity contribution in [3.8, 4) is 0 Å². The fourth-order valence-corrected chi connectivity index (χ4v) is 0.102. The largest absolute Gasteiger partial charge is 0.394 e. The minimum atomic E-state index is -4.67. The standard InChI is InChI=1S/C4H7NO.C3H8.H2O4S/c1-3-4(6)5-2;1-3-2;1-5(2,3)4/h3H,1H2,2H3,(H,5,6);3H2,1-2H3;(H2,1,2,3,4). The van der Waals surface area contributed by atoms with Crippen molar-refractivity contribution >= 4 is 16.3 Å². The molecule has 0 aliphatic carbocycles. The monoisotopic (exact) mass is 227 g/mol. The van der Waals surface area contributed by atoms with Crippen molar-refractivity contribution in [2.75, 3.05) is 7.05 Å². The molecule has 0 aromatic carbocycles. The second-order valence-electron chi connectivity index (χ2n) is 1.97. The van der Waals surface area contributed by atoms with Crippen LogP contribution in [-0.2, 0) is 15.2 Å². The highest BCUT2D eigenvalue weighted by Gasteiger charge is 1.84. The van der Waals surface area contributed by atoms with Gasteiger partial charge in [0.15, 0.2) is 0 Å². The summed E-state index contributed by atoms with van der Waals surface area (Å²) in [6.07, 6.45) is 2.47. The Morgan fingerprint density at radius 2 is 1.64 bits per heavy atom. The molecule has 0 heterocycles. The SMILES string of the molecule is C=CC(=O)NC.CCC.O=S(=O)(O)O. The molecule has 86 valence electrons. The molecule has 0 saturated carbocycles. The second kappa shape index (κ2) is 12.1. The van der Waals surface area contributed by atoms with E-state index in [0.717, 1.165) is 0 Å². The van der Waals surface area contributed by atoms with Gasteiger partial charge in [-0.05, 0) is 6.08 Å². The number of amides is 1. The number of hydrogen-bond acceptors (Lipinski definition) is 3. The van der Waals surface area contributed by atoms with Crippen molar-refractivity contribution in [3.05, 3.63) is 12.7 Å². The Bertz CT molecular complexity index is 226. The number of carbonyl (C=O) groups excluding carboxylic acids is 1.